The summed E-state index contributed by atoms with van der Waals surface area (Å²) in [7, 11) is 6.12. The maximum absolute atomic E-state index is 14.3. The lowest BCUT2D eigenvalue weighted by atomic mass is 9.88. The van der Waals surface area contributed by atoms with Gasteiger partial charge >= 0.3 is 6.09 Å². The number of nitrogens with zero attached hydrogens (tertiary/aromatic N) is 2. The largest absolute Gasteiger partial charge is 0.493 e. The van der Waals surface area contributed by atoms with Crippen molar-refractivity contribution in [2.45, 2.75) is 25.8 Å². The number of hydrogen-bond donors (Lipinski definition) is 1. The van der Waals surface area contributed by atoms with Crippen LogP contribution in [0.25, 0.3) is 11.6 Å². The normalized spacial score (nSPS) is 16.9. The molecule has 1 heterocycles. The third kappa shape index (κ3) is 6.19. The second kappa shape index (κ2) is 12.0. The molecule has 1 N–H and O–H groups in total. The number of pyridine rings is 1. The van der Waals surface area contributed by atoms with Crippen LogP contribution in [0.3, 0.4) is 0 Å². The molecule has 0 bridgehead atoms. The average Bonchev–Trinajstić information content (AvgIpc) is 3.17. The van der Waals surface area contributed by atoms with Gasteiger partial charge in [0.05, 0.1) is 14.2 Å². The lowest BCUT2D eigenvalue weighted by Crippen LogP contribution is -2.25. The highest BCUT2D eigenvalue weighted by molar-refractivity contribution is 5.90. The zero-order valence-electron chi connectivity index (χ0n) is 22.7. The lowest BCUT2D eigenvalue weighted by molar-refractivity contribution is -0.121. The standard InChI is InChI=1S/C30H32FN3O5/c1-18-23(11-20-12-26(37-4)29(27(13-20)38-5)39-30(36)34(2)3)22-9-8-21(31)14-25(22)24(18)15-28(35)33-17-19-7-6-10-32-16-19/h6-14,16,18,24H,15,17H2,1-5H3,(H,33,35). The van der Waals surface area contributed by atoms with E-state index in [2.05, 4.69) is 10.3 Å². The number of rotatable bonds is 8. The minimum atomic E-state index is -0.567. The zero-order chi connectivity index (χ0) is 28.1. The summed E-state index contributed by atoms with van der Waals surface area (Å²) in [4.78, 5) is 30.5. The van der Waals surface area contributed by atoms with Gasteiger partial charge in [0.15, 0.2) is 11.5 Å². The quantitative estimate of drug-likeness (QED) is 0.424. The highest BCUT2D eigenvalue weighted by Gasteiger charge is 2.35. The second-order valence-electron chi connectivity index (χ2n) is 9.59. The number of nitrogens with one attached hydrogen (secondary N) is 1. The third-order valence-corrected chi connectivity index (χ3v) is 6.80. The number of benzene rings is 2. The summed E-state index contributed by atoms with van der Waals surface area (Å²) < 4.78 is 30.8. The Morgan fingerprint density at radius 2 is 1.82 bits per heavy atom. The van der Waals surface area contributed by atoms with E-state index in [4.69, 9.17) is 14.2 Å². The first-order valence-electron chi connectivity index (χ1n) is 12.5. The van der Waals surface area contributed by atoms with E-state index in [0.29, 0.717) is 18.0 Å². The van der Waals surface area contributed by atoms with Crippen molar-refractivity contribution in [3.8, 4) is 17.2 Å². The molecule has 0 saturated carbocycles. The summed E-state index contributed by atoms with van der Waals surface area (Å²) in [5, 5.41) is 2.95. The lowest BCUT2D eigenvalue weighted by Gasteiger charge is -2.18. The number of hydrogen-bond acceptors (Lipinski definition) is 6. The molecule has 3 aromatic rings. The fraction of sp³-hybridized carbons (Fsp3) is 0.300. The molecule has 2 unspecified atom stereocenters. The Balaban J connectivity index is 1.64. The van der Waals surface area contributed by atoms with Gasteiger partial charge in [0, 0.05) is 39.5 Å². The van der Waals surface area contributed by atoms with E-state index < -0.39 is 6.09 Å². The van der Waals surface area contributed by atoms with Crippen LogP contribution in [-0.2, 0) is 11.3 Å². The first-order chi connectivity index (χ1) is 18.7. The van der Waals surface area contributed by atoms with Crippen LogP contribution in [0.5, 0.6) is 17.2 Å². The molecule has 4 rings (SSSR count). The van der Waals surface area contributed by atoms with Gasteiger partial charge in [-0.15, -0.1) is 0 Å². The minimum Gasteiger partial charge on any atom is -0.493 e. The first-order valence-corrected chi connectivity index (χ1v) is 12.5. The molecule has 2 atom stereocenters. The van der Waals surface area contributed by atoms with Crippen LogP contribution < -0.4 is 19.5 Å². The predicted octanol–water partition coefficient (Wildman–Crippen LogP) is 5.28. The van der Waals surface area contributed by atoms with Crippen molar-refractivity contribution in [2.24, 2.45) is 5.92 Å². The maximum Gasteiger partial charge on any atom is 0.414 e. The van der Waals surface area contributed by atoms with Gasteiger partial charge in [-0.25, -0.2) is 9.18 Å². The molecule has 204 valence electrons. The zero-order valence-corrected chi connectivity index (χ0v) is 22.7. The van der Waals surface area contributed by atoms with E-state index in [0.717, 1.165) is 27.8 Å². The van der Waals surface area contributed by atoms with Crippen LogP contribution in [0.2, 0.25) is 0 Å². The Hall–Kier alpha value is -4.40. The molecule has 0 aliphatic heterocycles. The number of amides is 2. The summed E-state index contributed by atoms with van der Waals surface area (Å²) in [5.41, 5.74) is 4.28. The number of methoxy groups -OCH3 is 2. The van der Waals surface area contributed by atoms with Gasteiger partial charge in [0.2, 0.25) is 11.7 Å². The molecule has 0 radical (unpaired) electrons. The molecule has 0 saturated heterocycles. The second-order valence-corrected chi connectivity index (χ2v) is 9.59. The van der Waals surface area contributed by atoms with Gasteiger partial charge in [-0.3, -0.25) is 9.78 Å². The van der Waals surface area contributed by atoms with E-state index in [-0.39, 0.29) is 35.7 Å². The van der Waals surface area contributed by atoms with Gasteiger partial charge in [0.25, 0.3) is 0 Å². The van der Waals surface area contributed by atoms with Crippen molar-refractivity contribution in [1.82, 2.24) is 15.2 Å². The van der Waals surface area contributed by atoms with Crippen molar-refractivity contribution >= 4 is 23.6 Å². The van der Waals surface area contributed by atoms with E-state index in [1.807, 2.05) is 25.1 Å². The Bertz CT molecular complexity index is 1370. The van der Waals surface area contributed by atoms with Crippen molar-refractivity contribution in [1.29, 1.82) is 0 Å². The van der Waals surface area contributed by atoms with Gasteiger partial charge in [0.1, 0.15) is 5.82 Å². The molecule has 0 spiro atoms. The smallest absolute Gasteiger partial charge is 0.414 e. The number of ether oxygens (including phenoxy) is 3. The van der Waals surface area contributed by atoms with Gasteiger partial charge in [-0.2, -0.15) is 0 Å². The fourth-order valence-electron chi connectivity index (χ4n) is 4.75. The summed E-state index contributed by atoms with van der Waals surface area (Å²) in [6, 6.07) is 11.9. The maximum atomic E-state index is 14.3. The van der Waals surface area contributed by atoms with Gasteiger partial charge in [-0.1, -0.05) is 25.1 Å². The summed E-state index contributed by atoms with van der Waals surface area (Å²) in [6.07, 6.45) is 5.00. The number of fused-ring (bicyclic) bond motifs is 1. The molecule has 2 aromatic carbocycles. The van der Waals surface area contributed by atoms with Crippen LogP contribution in [0.1, 0.15) is 41.5 Å². The van der Waals surface area contributed by atoms with Crippen LogP contribution >= 0.6 is 0 Å². The predicted molar refractivity (Wildman–Crippen MR) is 146 cm³/mol. The highest BCUT2D eigenvalue weighted by atomic mass is 19.1. The van der Waals surface area contributed by atoms with Crippen LogP contribution in [-0.4, -0.2) is 50.2 Å². The van der Waals surface area contributed by atoms with Crippen LogP contribution in [0, 0.1) is 11.7 Å². The molecule has 39 heavy (non-hydrogen) atoms. The minimum absolute atomic E-state index is 0.0748. The molecule has 1 aromatic heterocycles. The SMILES string of the molecule is COc1cc(C=C2c3ccc(F)cc3C(CC(=O)NCc3cccnc3)C2C)cc(OC)c1OC(=O)N(C)C. The summed E-state index contributed by atoms with van der Waals surface area (Å²) in [6.45, 7) is 2.40. The van der Waals surface area contributed by atoms with E-state index >= 15 is 0 Å². The number of halogens is 1. The molecule has 9 heteroatoms. The fourth-order valence-corrected chi connectivity index (χ4v) is 4.75. The van der Waals surface area contributed by atoms with Crippen molar-refractivity contribution in [3.63, 3.8) is 0 Å². The van der Waals surface area contributed by atoms with Crippen LogP contribution in [0.15, 0.2) is 54.9 Å². The Morgan fingerprint density at radius 3 is 2.44 bits per heavy atom. The van der Waals surface area contributed by atoms with Gasteiger partial charge in [-0.05, 0) is 70.0 Å². The van der Waals surface area contributed by atoms with Crippen molar-refractivity contribution < 1.29 is 28.2 Å². The highest BCUT2D eigenvalue weighted by Crippen LogP contribution is 2.49. The average molecular weight is 534 g/mol. The van der Waals surface area contributed by atoms with E-state index in [9.17, 15) is 14.0 Å². The monoisotopic (exact) mass is 533 g/mol. The molecule has 1 aliphatic carbocycles. The third-order valence-electron chi connectivity index (χ3n) is 6.80. The molecule has 2 amide bonds. The van der Waals surface area contributed by atoms with E-state index in [1.165, 1.54) is 31.3 Å². The first kappa shape index (κ1) is 27.6. The Labute approximate surface area is 227 Å². The number of allylic oxidation sites excluding steroid dienone is 1. The molecule has 1 aliphatic rings. The van der Waals surface area contributed by atoms with Crippen molar-refractivity contribution in [3.05, 3.63) is 82.9 Å². The van der Waals surface area contributed by atoms with E-state index in [1.54, 1.807) is 44.7 Å². The number of aromatic nitrogens is 1. The molecule has 8 nitrogen and oxygen atoms in total. The summed E-state index contributed by atoms with van der Waals surface area (Å²) in [5.74, 6) is 0.0708. The van der Waals surface area contributed by atoms with Crippen LogP contribution in [0.4, 0.5) is 9.18 Å². The Morgan fingerprint density at radius 1 is 1.10 bits per heavy atom. The summed E-state index contributed by atoms with van der Waals surface area (Å²) >= 11 is 0. The topological polar surface area (TPSA) is 90.0 Å². The number of carbonyl (C=O) groups is 2. The molecule has 0 fully saturated rings. The Kier molecular flexibility index (Phi) is 8.49. The number of carbonyl (C=O) groups excluding carboxylic acids is 2. The van der Waals surface area contributed by atoms with Gasteiger partial charge < -0.3 is 24.4 Å². The molecular weight excluding hydrogens is 501 g/mol. The molecular formula is C30H32FN3O5. The van der Waals surface area contributed by atoms with Crippen molar-refractivity contribution in [2.75, 3.05) is 28.3 Å².